The van der Waals surface area contributed by atoms with Crippen molar-refractivity contribution in [1.29, 1.82) is 0 Å². The van der Waals surface area contributed by atoms with Gasteiger partial charge in [-0.05, 0) is 29.7 Å². The Balaban J connectivity index is 1.76. The average Bonchev–Trinajstić information content (AvgIpc) is 2.98. The molecule has 0 aliphatic heterocycles. The van der Waals surface area contributed by atoms with Gasteiger partial charge in [-0.2, -0.15) is 4.73 Å². The molecule has 0 aliphatic rings. The molecule has 6 heteroatoms. The fourth-order valence-corrected chi connectivity index (χ4v) is 2.93. The molecular formula is C21H22ClN3O2. The summed E-state index contributed by atoms with van der Waals surface area (Å²) in [6.45, 7) is 4.70. The zero-order valence-corrected chi connectivity index (χ0v) is 16.1. The maximum atomic E-state index is 12.5. The number of hydrogen-bond acceptors (Lipinski definition) is 3. The number of aromatic nitrogens is 2. The van der Waals surface area contributed by atoms with E-state index in [0.29, 0.717) is 23.2 Å². The number of halogens is 1. The fourth-order valence-electron chi connectivity index (χ4n) is 2.76. The predicted octanol–water partition coefficient (Wildman–Crippen LogP) is 4.51. The Morgan fingerprint density at radius 3 is 2.93 bits per heavy atom. The number of fused-ring (bicyclic) bond motifs is 1. The van der Waals surface area contributed by atoms with Gasteiger partial charge in [0.25, 0.3) is 0 Å². The smallest absolute Gasteiger partial charge is 0.228 e. The van der Waals surface area contributed by atoms with Gasteiger partial charge in [0.15, 0.2) is 0 Å². The summed E-state index contributed by atoms with van der Waals surface area (Å²) in [7, 11) is 0. The van der Waals surface area contributed by atoms with Crippen molar-refractivity contribution in [2.24, 2.45) is 5.92 Å². The van der Waals surface area contributed by atoms with Gasteiger partial charge in [-0.1, -0.05) is 49.7 Å². The Kier molecular flexibility index (Phi) is 6.14. The number of anilines is 1. The Morgan fingerprint density at radius 1 is 1.33 bits per heavy atom. The van der Waals surface area contributed by atoms with Crippen molar-refractivity contribution in [1.82, 2.24) is 9.71 Å². The van der Waals surface area contributed by atoms with Crippen LogP contribution >= 0.6 is 11.6 Å². The number of nitrogens with one attached hydrogen (secondary N) is 1. The van der Waals surface area contributed by atoms with Crippen molar-refractivity contribution in [3.8, 4) is 0 Å². The average molecular weight is 384 g/mol. The van der Waals surface area contributed by atoms with Crippen molar-refractivity contribution >= 4 is 34.1 Å². The second-order valence-corrected chi connectivity index (χ2v) is 6.95. The van der Waals surface area contributed by atoms with Crippen LogP contribution in [0, 0.1) is 5.92 Å². The summed E-state index contributed by atoms with van der Waals surface area (Å²) >= 11 is 6.06. The van der Waals surface area contributed by atoms with Crippen LogP contribution in [0.15, 0.2) is 61.1 Å². The lowest BCUT2D eigenvalue weighted by Crippen LogP contribution is -2.15. The van der Waals surface area contributed by atoms with E-state index in [4.69, 9.17) is 16.4 Å². The molecule has 0 atom stereocenters. The van der Waals surface area contributed by atoms with Crippen LogP contribution in [0.25, 0.3) is 10.9 Å². The van der Waals surface area contributed by atoms with Crippen molar-refractivity contribution in [3.63, 3.8) is 0 Å². The molecule has 1 N–H and O–H groups in total. The number of amides is 1. The molecule has 0 bridgehead atoms. The number of pyridine rings is 1. The third-order valence-electron chi connectivity index (χ3n) is 3.99. The molecule has 2 aromatic heterocycles. The molecule has 3 rings (SSSR count). The van der Waals surface area contributed by atoms with E-state index in [1.54, 1.807) is 17.0 Å². The summed E-state index contributed by atoms with van der Waals surface area (Å²) in [5.41, 5.74) is 2.37. The Hall–Kier alpha value is -2.79. The third kappa shape index (κ3) is 4.89. The fraction of sp³-hybridized carbons (Fsp3) is 0.238. The molecule has 1 amide bonds. The molecule has 1 aromatic carbocycles. The van der Waals surface area contributed by atoms with E-state index in [-0.39, 0.29) is 12.3 Å². The van der Waals surface area contributed by atoms with Crippen LogP contribution in [0.3, 0.4) is 0 Å². The van der Waals surface area contributed by atoms with Crippen molar-refractivity contribution in [2.75, 3.05) is 11.9 Å². The Labute approximate surface area is 163 Å². The van der Waals surface area contributed by atoms with Gasteiger partial charge < -0.3 is 10.2 Å². The van der Waals surface area contributed by atoms with Gasteiger partial charge in [0.2, 0.25) is 5.91 Å². The number of para-hydroxylation sites is 1. The first-order valence-electron chi connectivity index (χ1n) is 8.83. The van der Waals surface area contributed by atoms with Crippen LogP contribution in [-0.2, 0) is 11.2 Å². The zero-order chi connectivity index (χ0) is 19.2. The van der Waals surface area contributed by atoms with Crippen LogP contribution in [0.4, 0.5) is 5.69 Å². The summed E-state index contributed by atoms with van der Waals surface area (Å²) in [4.78, 5) is 22.2. The minimum absolute atomic E-state index is 0.147. The number of carbonyl (C=O) groups is 1. The highest BCUT2D eigenvalue weighted by Crippen LogP contribution is 2.23. The molecule has 0 fully saturated rings. The van der Waals surface area contributed by atoms with Crippen LogP contribution < -0.4 is 10.2 Å². The highest BCUT2D eigenvalue weighted by molar-refractivity contribution is 6.33. The SMILES string of the molecule is CC(C)/C=C/COn1cc(CC(=O)Nc2ccncc2Cl)c2ccccc21. The van der Waals surface area contributed by atoms with E-state index < -0.39 is 0 Å². The van der Waals surface area contributed by atoms with E-state index in [1.807, 2.05) is 36.5 Å². The lowest BCUT2D eigenvalue weighted by molar-refractivity contribution is -0.115. The van der Waals surface area contributed by atoms with Gasteiger partial charge in [0, 0.05) is 24.0 Å². The number of carbonyl (C=O) groups excluding carboxylic acids is 1. The summed E-state index contributed by atoms with van der Waals surface area (Å²) in [5.74, 6) is 0.333. The maximum absolute atomic E-state index is 12.5. The minimum atomic E-state index is -0.147. The first-order chi connectivity index (χ1) is 13.0. The highest BCUT2D eigenvalue weighted by atomic mass is 35.5. The lowest BCUT2D eigenvalue weighted by atomic mass is 10.1. The topological polar surface area (TPSA) is 56.1 Å². The molecule has 0 unspecified atom stereocenters. The Morgan fingerprint density at radius 2 is 2.15 bits per heavy atom. The van der Waals surface area contributed by atoms with Gasteiger partial charge >= 0.3 is 0 Å². The predicted molar refractivity (Wildman–Crippen MR) is 109 cm³/mol. The molecule has 0 aliphatic carbocycles. The lowest BCUT2D eigenvalue weighted by Gasteiger charge is -2.06. The number of nitrogens with zero attached hydrogens (tertiary/aromatic N) is 2. The van der Waals surface area contributed by atoms with Crippen LogP contribution in [-0.4, -0.2) is 22.2 Å². The van der Waals surface area contributed by atoms with E-state index in [1.165, 1.54) is 6.20 Å². The zero-order valence-electron chi connectivity index (χ0n) is 15.4. The van der Waals surface area contributed by atoms with Crippen molar-refractivity contribution in [2.45, 2.75) is 20.3 Å². The Bertz CT molecular complexity index is 963. The second-order valence-electron chi connectivity index (χ2n) is 6.55. The van der Waals surface area contributed by atoms with Gasteiger partial charge in [0.1, 0.15) is 6.61 Å². The van der Waals surface area contributed by atoms with Crippen LogP contribution in [0.2, 0.25) is 5.02 Å². The van der Waals surface area contributed by atoms with Gasteiger partial charge in [-0.15, -0.1) is 0 Å². The molecule has 2 heterocycles. The molecular weight excluding hydrogens is 362 g/mol. The summed E-state index contributed by atoms with van der Waals surface area (Å²) < 4.78 is 1.72. The van der Waals surface area contributed by atoms with E-state index in [2.05, 4.69) is 30.2 Å². The van der Waals surface area contributed by atoms with Crippen LogP contribution in [0.5, 0.6) is 0 Å². The molecule has 140 valence electrons. The quantitative estimate of drug-likeness (QED) is 0.610. The molecule has 0 radical (unpaired) electrons. The first kappa shape index (κ1) is 19.0. The molecule has 27 heavy (non-hydrogen) atoms. The maximum Gasteiger partial charge on any atom is 0.228 e. The molecule has 0 saturated carbocycles. The number of benzene rings is 1. The van der Waals surface area contributed by atoms with E-state index in [9.17, 15) is 4.79 Å². The molecule has 5 nitrogen and oxygen atoms in total. The van der Waals surface area contributed by atoms with Crippen LogP contribution in [0.1, 0.15) is 19.4 Å². The van der Waals surface area contributed by atoms with E-state index >= 15 is 0 Å². The normalized spacial score (nSPS) is 11.4. The number of rotatable bonds is 7. The van der Waals surface area contributed by atoms with Crippen molar-refractivity contribution in [3.05, 3.63) is 71.7 Å². The molecule has 0 saturated heterocycles. The largest absolute Gasteiger partial charge is 0.410 e. The monoisotopic (exact) mass is 383 g/mol. The van der Waals surface area contributed by atoms with Gasteiger partial charge in [0.05, 0.1) is 22.6 Å². The second kappa shape index (κ2) is 8.73. The minimum Gasteiger partial charge on any atom is -0.410 e. The van der Waals surface area contributed by atoms with Gasteiger partial charge in [-0.3, -0.25) is 9.78 Å². The number of hydrogen-bond donors (Lipinski definition) is 1. The standard InChI is InChI=1S/C21H22ClN3O2/c1-15(2)6-5-11-27-25-14-16(17-7-3-4-8-20(17)25)12-21(26)24-19-9-10-23-13-18(19)22/h3-10,13-15H,11-12H2,1-2H3,(H,23,24,26)/b6-5+. The first-order valence-corrected chi connectivity index (χ1v) is 9.20. The van der Waals surface area contributed by atoms with Crippen molar-refractivity contribution < 1.29 is 9.63 Å². The molecule has 0 spiro atoms. The molecule has 3 aromatic rings. The highest BCUT2D eigenvalue weighted by Gasteiger charge is 2.13. The summed E-state index contributed by atoms with van der Waals surface area (Å²) in [5, 5.41) is 4.22. The summed E-state index contributed by atoms with van der Waals surface area (Å²) in [6, 6.07) is 9.54. The summed E-state index contributed by atoms with van der Waals surface area (Å²) in [6.07, 6.45) is 9.27. The van der Waals surface area contributed by atoms with Gasteiger partial charge in [-0.25, -0.2) is 0 Å². The third-order valence-corrected chi connectivity index (χ3v) is 4.29. The number of allylic oxidation sites excluding steroid dienone is 1. The van der Waals surface area contributed by atoms with E-state index in [0.717, 1.165) is 16.5 Å².